The van der Waals surface area contributed by atoms with Crippen molar-refractivity contribution >= 4 is 21.8 Å². The quantitative estimate of drug-likeness (QED) is 0.777. The van der Waals surface area contributed by atoms with E-state index in [-0.39, 0.29) is 11.9 Å². The summed E-state index contributed by atoms with van der Waals surface area (Å²) in [6.45, 7) is 2.44. The van der Waals surface area contributed by atoms with Gasteiger partial charge in [0, 0.05) is 22.6 Å². The van der Waals surface area contributed by atoms with Gasteiger partial charge in [-0.05, 0) is 31.5 Å². The summed E-state index contributed by atoms with van der Waals surface area (Å²) in [5.41, 5.74) is 6.53. The smallest absolute Gasteiger partial charge is 0.265 e. The Kier molecular flexibility index (Phi) is 6.62. The van der Waals surface area contributed by atoms with Crippen LogP contribution in [0.3, 0.4) is 0 Å². The summed E-state index contributed by atoms with van der Waals surface area (Å²) in [5, 5.41) is 2.89. The first kappa shape index (κ1) is 17.5. The van der Waals surface area contributed by atoms with E-state index in [1.54, 1.807) is 0 Å². The number of carbonyl (C=O) groups is 1. The molecule has 4 nitrogen and oxygen atoms in total. The van der Waals surface area contributed by atoms with Gasteiger partial charge in [-0.2, -0.15) is 0 Å². The highest BCUT2D eigenvalue weighted by Gasteiger charge is 2.22. The number of hydrogen-bond donors (Lipinski definition) is 2. The molecule has 23 heavy (non-hydrogen) atoms. The number of carbonyl (C=O) groups excluding carboxylic acids is 1. The maximum absolute atomic E-state index is 12.5. The summed E-state index contributed by atoms with van der Waals surface area (Å²) in [6.07, 6.45) is 0.0306. The first-order valence-electron chi connectivity index (χ1n) is 7.56. The minimum absolute atomic E-state index is 0.0523. The molecule has 0 bridgehead atoms. The number of amides is 1. The highest BCUT2D eigenvalue weighted by Crippen LogP contribution is 2.25. The Morgan fingerprint density at radius 2 is 1.96 bits per heavy atom. The summed E-state index contributed by atoms with van der Waals surface area (Å²) in [6, 6.07) is 17.0. The zero-order valence-corrected chi connectivity index (χ0v) is 14.6. The molecular weight excluding hydrogens is 356 g/mol. The Morgan fingerprint density at radius 1 is 1.22 bits per heavy atom. The molecule has 0 spiro atoms. The van der Waals surface area contributed by atoms with Crippen molar-refractivity contribution < 1.29 is 9.53 Å². The molecule has 3 N–H and O–H groups in total. The van der Waals surface area contributed by atoms with Crippen LogP contribution in [0.4, 0.5) is 0 Å². The molecule has 2 unspecified atom stereocenters. The number of rotatable bonds is 7. The Bertz CT molecular complexity index is 632. The number of nitrogens with one attached hydrogen (secondary N) is 1. The lowest BCUT2D eigenvalue weighted by Gasteiger charge is -2.19. The van der Waals surface area contributed by atoms with E-state index in [9.17, 15) is 4.79 Å². The standard InChI is InChI=1S/C18H21BrN2O2/c1-13(20)10-11-21-18(22)17(14-6-3-2-4-7-14)23-16-9-5-8-15(19)12-16/h2-9,12-13,17H,10-11,20H2,1H3,(H,21,22). The van der Waals surface area contributed by atoms with E-state index in [4.69, 9.17) is 10.5 Å². The van der Waals surface area contributed by atoms with Gasteiger partial charge in [0.2, 0.25) is 6.10 Å². The molecule has 0 saturated carbocycles. The Morgan fingerprint density at radius 3 is 2.61 bits per heavy atom. The average molecular weight is 377 g/mol. The summed E-state index contributed by atoms with van der Waals surface area (Å²) in [5.74, 6) is 0.465. The van der Waals surface area contributed by atoms with Gasteiger partial charge < -0.3 is 15.8 Å². The molecule has 1 amide bonds. The van der Waals surface area contributed by atoms with Gasteiger partial charge in [0.25, 0.3) is 5.91 Å². The van der Waals surface area contributed by atoms with Gasteiger partial charge in [-0.3, -0.25) is 4.79 Å². The lowest BCUT2D eigenvalue weighted by Crippen LogP contribution is -2.35. The number of ether oxygens (including phenoxy) is 1. The lowest BCUT2D eigenvalue weighted by atomic mass is 10.1. The van der Waals surface area contributed by atoms with Gasteiger partial charge in [-0.1, -0.05) is 52.3 Å². The van der Waals surface area contributed by atoms with E-state index >= 15 is 0 Å². The molecule has 2 rings (SSSR count). The zero-order chi connectivity index (χ0) is 16.7. The molecule has 0 fully saturated rings. The molecule has 0 aliphatic heterocycles. The molecule has 2 aromatic rings. The fourth-order valence-electron chi connectivity index (χ4n) is 2.09. The highest BCUT2D eigenvalue weighted by atomic mass is 79.9. The molecule has 0 heterocycles. The van der Waals surface area contributed by atoms with Crippen molar-refractivity contribution in [1.82, 2.24) is 5.32 Å². The molecule has 0 aliphatic carbocycles. The third-order valence-corrected chi connectivity index (χ3v) is 3.78. The Labute approximate surface area is 145 Å². The first-order chi connectivity index (χ1) is 11.1. The largest absolute Gasteiger partial charge is 0.476 e. The number of halogens is 1. The van der Waals surface area contributed by atoms with Crippen LogP contribution < -0.4 is 15.8 Å². The minimum atomic E-state index is -0.696. The second kappa shape index (κ2) is 8.70. The third kappa shape index (κ3) is 5.69. The van der Waals surface area contributed by atoms with Crippen molar-refractivity contribution in [3.05, 3.63) is 64.6 Å². The molecular formula is C18H21BrN2O2. The molecule has 122 valence electrons. The van der Waals surface area contributed by atoms with E-state index in [1.807, 2.05) is 61.5 Å². The normalized spacial score (nSPS) is 13.2. The van der Waals surface area contributed by atoms with Crippen molar-refractivity contribution in [3.63, 3.8) is 0 Å². The van der Waals surface area contributed by atoms with E-state index in [0.29, 0.717) is 12.3 Å². The van der Waals surface area contributed by atoms with Crippen LogP contribution in [0.15, 0.2) is 59.1 Å². The monoisotopic (exact) mass is 376 g/mol. The van der Waals surface area contributed by atoms with Crippen molar-refractivity contribution in [2.75, 3.05) is 6.54 Å². The maximum atomic E-state index is 12.5. The van der Waals surface area contributed by atoms with Crippen LogP contribution in [0.1, 0.15) is 25.0 Å². The molecule has 0 saturated heterocycles. The van der Waals surface area contributed by atoms with E-state index < -0.39 is 6.10 Å². The number of hydrogen-bond acceptors (Lipinski definition) is 3. The lowest BCUT2D eigenvalue weighted by molar-refractivity contribution is -0.128. The second-order valence-electron chi connectivity index (χ2n) is 5.42. The van der Waals surface area contributed by atoms with Gasteiger partial charge in [-0.15, -0.1) is 0 Å². The minimum Gasteiger partial charge on any atom is -0.476 e. The fourth-order valence-corrected chi connectivity index (χ4v) is 2.47. The van der Waals surface area contributed by atoms with Gasteiger partial charge in [0.15, 0.2) is 0 Å². The maximum Gasteiger partial charge on any atom is 0.265 e. The molecule has 2 aromatic carbocycles. The zero-order valence-electron chi connectivity index (χ0n) is 13.0. The third-order valence-electron chi connectivity index (χ3n) is 3.29. The Hall–Kier alpha value is -1.85. The van der Waals surface area contributed by atoms with Crippen molar-refractivity contribution in [2.24, 2.45) is 5.73 Å². The Balaban J connectivity index is 2.13. The van der Waals surface area contributed by atoms with Gasteiger partial charge in [-0.25, -0.2) is 0 Å². The fraction of sp³-hybridized carbons (Fsp3) is 0.278. The molecule has 0 aromatic heterocycles. The summed E-state index contributed by atoms with van der Waals surface area (Å²) in [4.78, 5) is 12.5. The number of benzene rings is 2. The van der Waals surface area contributed by atoms with Crippen molar-refractivity contribution in [3.8, 4) is 5.75 Å². The highest BCUT2D eigenvalue weighted by molar-refractivity contribution is 9.10. The summed E-state index contributed by atoms with van der Waals surface area (Å²) < 4.78 is 6.83. The average Bonchev–Trinajstić information content (AvgIpc) is 2.53. The van der Waals surface area contributed by atoms with Gasteiger partial charge in [0.05, 0.1) is 0 Å². The van der Waals surface area contributed by atoms with Crippen molar-refractivity contribution in [1.29, 1.82) is 0 Å². The van der Waals surface area contributed by atoms with Crippen LogP contribution in [0.25, 0.3) is 0 Å². The van der Waals surface area contributed by atoms with Crippen LogP contribution in [0.5, 0.6) is 5.75 Å². The summed E-state index contributed by atoms with van der Waals surface area (Å²) >= 11 is 3.41. The van der Waals surface area contributed by atoms with Crippen LogP contribution in [0, 0.1) is 0 Å². The predicted molar refractivity (Wildman–Crippen MR) is 95.2 cm³/mol. The molecule has 0 aliphatic rings. The number of nitrogens with two attached hydrogens (primary N) is 1. The van der Waals surface area contributed by atoms with Crippen LogP contribution in [0.2, 0.25) is 0 Å². The van der Waals surface area contributed by atoms with Gasteiger partial charge in [0.1, 0.15) is 5.75 Å². The van der Waals surface area contributed by atoms with Crippen LogP contribution in [-0.4, -0.2) is 18.5 Å². The second-order valence-corrected chi connectivity index (χ2v) is 6.34. The molecule has 2 atom stereocenters. The summed E-state index contributed by atoms with van der Waals surface area (Å²) in [7, 11) is 0. The predicted octanol–water partition coefficient (Wildman–Crippen LogP) is 3.42. The molecule has 5 heteroatoms. The molecule has 0 radical (unpaired) electrons. The van der Waals surface area contributed by atoms with Crippen molar-refractivity contribution in [2.45, 2.75) is 25.5 Å². The SMILES string of the molecule is CC(N)CCNC(=O)C(Oc1cccc(Br)c1)c1ccccc1. The first-order valence-corrected chi connectivity index (χ1v) is 8.36. The van der Waals surface area contributed by atoms with E-state index in [2.05, 4.69) is 21.2 Å². The van der Waals surface area contributed by atoms with Crippen LogP contribution in [-0.2, 0) is 4.79 Å². The van der Waals surface area contributed by atoms with Crippen LogP contribution >= 0.6 is 15.9 Å². The van der Waals surface area contributed by atoms with Gasteiger partial charge >= 0.3 is 0 Å². The van der Waals surface area contributed by atoms with E-state index in [1.165, 1.54) is 0 Å². The topological polar surface area (TPSA) is 64.3 Å². The van der Waals surface area contributed by atoms with E-state index in [0.717, 1.165) is 16.5 Å².